The molecule has 0 amide bonds. The molecule has 1 aliphatic rings. The fourth-order valence-electron chi connectivity index (χ4n) is 1.82. The summed E-state index contributed by atoms with van der Waals surface area (Å²) in [5.74, 6) is -0.723. The summed E-state index contributed by atoms with van der Waals surface area (Å²) in [6.45, 7) is 0. The lowest BCUT2D eigenvalue weighted by Gasteiger charge is -2.21. The van der Waals surface area contributed by atoms with E-state index < -0.39 is 5.82 Å². The SMILES string of the molecule is N[C@@H]1CCc2c(ccc(O)c2F)C1. The first kappa shape index (κ1) is 8.51. The van der Waals surface area contributed by atoms with E-state index in [1.165, 1.54) is 6.07 Å². The summed E-state index contributed by atoms with van der Waals surface area (Å²) in [5.41, 5.74) is 7.33. The molecule has 1 atom stereocenters. The van der Waals surface area contributed by atoms with E-state index in [-0.39, 0.29) is 11.8 Å². The molecule has 1 aromatic carbocycles. The minimum atomic E-state index is -0.468. The second kappa shape index (κ2) is 3.00. The zero-order valence-corrected chi connectivity index (χ0v) is 7.26. The number of fused-ring (bicyclic) bond motifs is 1. The molecule has 0 unspecified atom stereocenters. The third-order valence-corrected chi connectivity index (χ3v) is 2.57. The Labute approximate surface area is 76.2 Å². The molecule has 1 aliphatic carbocycles. The highest BCUT2D eigenvalue weighted by Crippen LogP contribution is 2.28. The van der Waals surface area contributed by atoms with Crippen LogP contribution < -0.4 is 5.73 Å². The van der Waals surface area contributed by atoms with E-state index in [4.69, 9.17) is 10.8 Å². The molecule has 0 bridgehead atoms. The molecule has 0 heterocycles. The molecule has 0 aliphatic heterocycles. The molecule has 0 fully saturated rings. The van der Waals surface area contributed by atoms with Crippen LogP contribution in [0.1, 0.15) is 17.5 Å². The highest BCUT2D eigenvalue weighted by Gasteiger charge is 2.20. The molecule has 0 aromatic heterocycles. The standard InChI is InChI=1S/C10H12FNO/c11-10-8-3-2-7(12)5-6(8)1-4-9(10)13/h1,4,7,13H,2-3,5,12H2/t7-/m1/s1. The van der Waals surface area contributed by atoms with E-state index in [0.717, 1.165) is 12.0 Å². The van der Waals surface area contributed by atoms with E-state index in [2.05, 4.69) is 0 Å². The van der Waals surface area contributed by atoms with Crippen molar-refractivity contribution in [2.24, 2.45) is 5.73 Å². The van der Waals surface area contributed by atoms with Crippen LogP contribution in [-0.2, 0) is 12.8 Å². The van der Waals surface area contributed by atoms with Gasteiger partial charge in [0, 0.05) is 6.04 Å². The lowest BCUT2D eigenvalue weighted by Crippen LogP contribution is -2.28. The van der Waals surface area contributed by atoms with Gasteiger partial charge in [0.15, 0.2) is 11.6 Å². The van der Waals surface area contributed by atoms with Gasteiger partial charge in [0.25, 0.3) is 0 Å². The first-order valence-corrected chi connectivity index (χ1v) is 4.43. The molecule has 3 N–H and O–H groups in total. The average Bonchev–Trinajstić information content (AvgIpc) is 2.12. The van der Waals surface area contributed by atoms with E-state index in [0.29, 0.717) is 18.4 Å². The molecule has 0 saturated heterocycles. The maximum absolute atomic E-state index is 13.3. The molecule has 13 heavy (non-hydrogen) atoms. The number of halogens is 1. The van der Waals surface area contributed by atoms with Gasteiger partial charge in [0.2, 0.25) is 0 Å². The third-order valence-electron chi connectivity index (χ3n) is 2.57. The minimum absolute atomic E-state index is 0.136. The van der Waals surface area contributed by atoms with Crippen molar-refractivity contribution in [3.63, 3.8) is 0 Å². The van der Waals surface area contributed by atoms with Crippen molar-refractivity contribution in [3.05, 3.63) is 29.1 Å². The fraction of sp³-hybridized carbons (Fsp3) is 0.400. The van der Waals surface area contributed by atoms with Crippen LogP contribution in [0.4, 0.5) is 4.39 Å². The first-order valence-electron chi connectivity index (χ1n) is 4.43. The van der Waals surface area contributed by atoms with E-state index in [1.54, 1.807) is 6.07 Å². The number of hydrogen-bond acceptors (Lipinski definition) is 2. The van der Waals surface area contributed by atoms with Gasteiger partial charge in [-0.15, -0.1) is 0 Å². The zero-order valence-electron chi connectivity index (χ0n) is 7.26. The molecule has 2 nitrogen and oxygen atoms in total. The Kier molecular flexibility index (Phi) is 1.96. The Bertz CT molecular complexity index is 338. The van der Waals surface area contributed by atoms with Crippen LogP contribution in [0, 0.1) is 5.82 Å². The third kappa shape index (κ3) is 1.40. The van der Waals surface area contributed by atoms with Gasteiger partial charge in [0.1, 0.15) is 0 Å². The number of nitrogens with two attached hydrogens (primary N) is 1. The van der Waals surface area contributed by atoms with Gasteiger partial charge in [0.05, 0.1) is 0 Å². The number of hydrogen-bond donors (Lipinski definition) is 2. The van der Waals surface area contributed by atoms with Crippen LogP contribution >= 0.6 is 0 Å². The largest absolute Gasteiger partial charge is 0.505 e. The summed E-state index contributed by atoms with van der Waals surface area (Å²) >= 11 is 0. The summed E-state index contributed by atoms with van der Waals surface area (Å²) in [7, 11) is 0. The highest BCUT2D eigenvalue weighted by molar-refractivity contribution is 5.38. The molecule has 3 heteroatoms. The summed E-state index contributed by atoms with van der Waals surface area (Å²) < 4.78 is 13.3. The van der Waals surface area contributed by atoms with E-state index in [1.807, 2.05) is 0 Å². The van der Waals surface area contributed by atoms with Gasteiger partial charge in [-0.05, 0) is 36.5 Å². The maximum Gasteiger partial charge on any atom is 0.168 e. The van der Waals surface area contributed by atoms with Crippen molar-refractivity contribution in [3.8, 4) is 5.75 Å². The highest BCUT2D eigenvalue weighted by atomic mass is 19.1. The molecule has 0 radical (unpaired) electrons. The molecule has 0 spiro atoms. The summed E-state index contributed by atoms with van der Waals surface area (Å²) in [4.78, 5) is 0. The average molecular weight is 181 g/mol. The minimum Gasteiger partial charge on any atom is -0.505 e. The summed E-state index contributed by atoms with van der Waals surface area (Å²) in [6, 6.07) is 3.29. The Morgan fingerprint density at radius 1 is 1.46 bits per heavy atom. The summed E-state index contributed by atoms with van der Waals surface area (Å²) in [6.07, 6.45) is 2.15. The first-order chi connectivity index (χ1) is 6.18. The molecule has 70 valence electrons. The van der Waals surface area contributed by atoms with Gasteiger partial charge >= 0.3 is 0 Å². The number of phenolic OH excluding ortho intramolecular Hbond substituents is 1. The van der Waals surface area contributed by atoms with Crippen LogP contribution in [0.15, 0.2) is 12.1 Å². The lowest BCUT2D eigenvalue weighted by molar-refractivity contribution is 0.422. The monoisotopic (exact) mass is 181 g/mol. The van der Waals surface area contributed by atoms with Crippen LogP contribution in [0.2, 0.25) is 0 Å². The van der Waals surface area contributed by atoms with Crippen molar-refractivity contribution in [1.82, 2.24) is 0 Å². The Morgan fingerprint density at radius 3 is 3.00 bits per heavy atom. The second-order valence-electron chi connectivity index (χ2n) is 3.54. The predicted molar refractivity (Wildman–Crippen MR) is 48.1 cm³/mol. The zero-order chi connectivity index (χ0) is 9.42. The van der Waals surface area contributed by atoms with Gasteiger partial charge in [-0.3, -0.25) is 0 Å². The normalized spacial score (nSPS) is 21.2. The molecule has 0 saturated carbocycles. The molecule has 1 aromatic rings. The lowest BCUT2D eigenvalue weighted by atomic mass is 9.88. The molecule has 2 rings (SSSR count). The van der Waals surface area contributed by atoms with Gasteiger partial charge in [-0.25, -0.2) is 4.39 Å². The fourth-order valence-corrected chi connectivity index (χ4v) is 1.82. The predicted octanol–water partition coefficient (Wildman–Crippen LogP) is 1.35. The quantitative estimate of drug-likeness (QED) is 0.634. The van der Waals surface area contributed by atoms with Gasteiger partial charge < -0.3 is 10.8 Å². The van der Waals surface area contributed by atoms with Crippen LogP contribution in [0.25, 0.3) is 0 Å². The number of phenols is 1. The van der Waals surface area contributed by atoms with Crippen LogP contribution in [0.3, 0.4) is 0 Å². The summed E-state index contributed by atoms with van der Waals surface area (Å²) in [5, 5.41) is 9.13. The second-order valence-corrected chi connectivity index (χ2v) is 3.54. The van der Waals surface area contributed by atoms with Crippen molar-refractivity contribution < 1.29 is 9.50 Å². The van der Waals surface area contributed by atoms with Crippen LogP contribution in [-0.4, -0.2) is 11.1 Å². The maximum atomic E-state index is 13.3. The van der Waals surface area contributed by atoms with Crippen LogP contribution in [0.5, 0.6) is 5.75 Å². The molecular weight excluding hydrogens is 169 g/mol. The Hall–Kier alpha value is -1.09. The van der Waals surface area contributed by atoms with Gasteiger partial charge in [-0.2, -0.15) is 0 Å². The van der Waals surface area contributed by atoms with Crippen molar-refractivity contribution in [2.45, 2.75) is 25.3 Å². The van der Waals surface area contributed by atoms with Gasteiger partial charge in [-0.1, -0.05) is 6.07 Å². The molecular formula is C10H12FNO. The number of rotatable bonds is 0. The number of benzene rings is 1. The van der Waals surface area contributed by atoms with Crippen molar-refractivity contribution in [1.29, 1.82) is 0 Å². The van der Waals surface area contributed by atoms with E-state index in [9.17, 15) is 4.39 Å². The van der Waals surface area contributed by atoms with Crippen molar-refractivity contribution in [2.75, 3.05) is 0 Å². The Balaban J connectivity index is 2.47. The smallest absolute Gasteiger partial charge is 0.168 e. The van der Waals surface area contributed by atoms with Crippen molar-refractivity contribution >= 4 is 0 Å². The Morgan fingerprint density at radius 2 is 2.23 bits per heavy atom. The number of aromatic hydroxyl groups is 1. The topological polar surface area (TPSA) is 46.2 Å². The van der Waals surface area contributed by atoms with E-state index >= 15 is 0 Å².